The van der Waals surface area contributed by atoms with Crippen molar-refractivity contribution in [3.63, 3.8) is 0 Å². The summed E-state index contributed by atoms with van der Waals surface area (Å²) in [6.45, 7) is 4.38. The Morgan fingerprint density at radius 3 is 2.86 bits per heavy atom. The fourth-order valence-electron chi connectivity index (χ4n) is 2.74. The molecule has 21 heavy (non-hydrogen) atoms. The molecule has 2 atom stereocenters. The Morgan fingerprint density at radius 2 is 2.05 bits per heavy atom. The van der Waals surface area contributed by atoms with Gasteiger partial charge in [-0.2, -0.15) is 0 Å². The van der Waals surface area contributed by atoms with Gasteiger partial charge < -0.3 is 24.6 Å². The monoisotopic (exact) mass is 293 g/mol. The molecule has 0 aliphatic carbocycles. The third kappa shape index (κ3) is 3.87. The predicted octanol–water partition coefficient (Wildman–Crippen LogP) is 1.51. The van der Waals surface area contributed by atoms with Gasteiger partial charge in [0, 0.05) is 19.8 Å². The largest absolute Gasteiger partial charge is 0.486 e. The fourth-order valence-corrected chi connectivity index (χ4v) is 2.74. The van der Waals surface area contributed by atoms with Gasteiger partial charge in [-0.1, -0.05) is 6.07 Å². The van der Waals surface area contributed by atoms with Crippen molar-refractivity contribution in [2.45, 2.75) is 18.9 Å². The SMILES string of the molecule is OC(CNCCC1CCOC1)c1ccc2c(c1)OCCO2. The van der Waals surface area contributed by atoms with Gasteiger partial charge in [-0.15, -0.1) is 0 Å². The highest BCUT2D eigenvalue weighted by Gasteiger charge is 2.17. The average molecular weight is 293 g/mol. The molecule has 1 aromatic carbocycles. The summed E-state index contributed by atoms with van der Waals surface area (Å²) < 4.78 is 16.4. The Bertz CT molecular complexity index is 460. The van der Waals surface area contributed by atoms with Crippen LogP contribution < -0.4 is 14.8 Å². The number of rotatable bonds is 6. The summed E-state index contributed by atoms with van der Waals surface area (Å²) >= 11 is 0. The first-order valence-electron chi connectivity index (χ1n) is 7.69. The maximum Gasteiger partial charge on any atom is 0.161 e. The molecule has 1 fully saturated rings. The molecule has 1 saturated heterocycles. The molecule has 116 valence electrons. The predicted molar refractivity (Wildman–Crippen MR) is 78.8 cm³/mol. The molecule has 0 spiro atoms. The van der Waals surface area contributed by atoms with E-state index in [4.69, 9.17) is 14.2 Å². The summed E-state index contributed by atoms with van der Waals surface area (Å²) in [5, 5.41) is 13.5. The van der Waals surface area contributed by atoms with Gasteiger partial charge in [-0.05, 0) is 43.0 Å². The van der Waals surface area contributed by atoms with Crippen LogP contribution in [0.5, 0.6) is 11.5 Å². The lowest BCUT2D eigenvalue weighted by atomic mass is 10.1. The summed E-state index contributed by atoms with van der Waals surface area (Å²) in [5.41, 5.74) is 0.857. The molecule has 0 saturated carbocycles. The van der Waals surface area contributed by atoms with Crippen molar-refractivity contribution in [3.8, 4) is 11.5 Å². The maximum atomic E-state index is 10.2. The van der Waals surface area contributed by atoms with Gasteiger partial charge >= 0.3 is 0 Å². The molecule has 0 bridgehead atoms. The van der Waals surface area contributed by atoms with Crippen LogP contribution in [0.4, 0.5) is 0 Å². The lowest BCUT2D eigenvalue weighted by molar-refractivity contribution is 0.162. The quantitative estimate of drug-likeness (QED) is 0.779. The van der Waals surface area contributed by atoms with E-state index < -0.39 is 6.10 Å². The highest BCUT2D eigenvalue weighted by molar-refractivity contribution is 5.44. The van der Waals surface area contributed by atoms with Gasteiger partial charge in [0.05, 0.1) is 6.10 Å². The minimum Gasteiger partial charge on any atom is -0.486 e. The Morgan fingerprint density at radius 1 is 1.19 bits per heavy atom. The van der Waals surface area contributed by atoms with E-state index in [1.807, 2.05) is 18.2 Å². The minimum absolute atomic E-state index is 0.527. The van der Waals surface area contributed by atoms with Crippen molar-refractivity contribution >= 4 is 0 Å². The van der Waals surface area contributed by atoms with E-state index >= 15 is 0 Å². The van der Waals surface area contributed by atoms with Crippen LogP contribution in [0.3, 0.4) is 0 Å². The first-order valence-corrected chi connectivity index (χ1v) is 7.69. The van der Waals surface area contributed by atoms with E-state index in [1.165, 1.54) is 0 Å². The second kappa shape index (κ2) is 7.11. The zero-order valence-electron chi connectivity index (χ0n) is 12.2. The Balaban J connectivity index is 1.45. The molecular weight excluding hydrogens is 270 g/mol. The Hall–Kier alpha value is -1.30. The van der Waals surface area contributed by atoms with E-state index in [2.05, 4.69) is 5.32 Å². The van der Waals surface area contributed by atoms with Crippen LogP contribution in [-0.2, 0) is 4.74 Å². The third-order valence-corrected chi connectivity index (χ3v) is 4.04. The fraction of sp³-hybridized carbons (Fsp3) is 0.625. The highest BCUT2D eigenvalue weighted by Crippen LogP contribution is 2.32. The van der Waals surface area contributed by atoms with Crippen molar-refractivity contribution in [2.24, 2.45) is 5.92 Å². The van der Waals surface area contributed by atoms with E-state index in [9.17, 15) is 5.11 Å². The maximum absolute atomic E-state index is 10.2. The molecule has 0 amide bonds. The van der Waals surface area contributed by atoms with Crippen LogP contribution in [0.15, 0.2) is 18.2 Å². The van der Waals surface area contributed by atoms with Crippen molar-refractivity contribution in [1.82, 2.24) is 5.32 Å². The van der Waals surface area contributed by atoms with Gasteiger partial charge in [-0.25, -0.2) is 0 Å². The molecule has 2 unspecified atom stereocenters. The zero-order chi connectivity index (χ0) is 14.5. The van der Waals surface area contributed by atoms with Crippen LogP contribution in [0.25, 0.3) is 0 Å². The van der Waals surface area contributed by atoms with Gasteiger partial charge in [0.1, 0.15) is 13.2 Å². The number of aliphatic hydroxyl groups is 1. The molecule has 2 aliphatic heterocycles. The molecule has 2 heterocycles. The number of hydrogen-bond acceptors (Lipinski definition) is 5. The number of benzene rings is 1. The second-order valence-electron chi connectivity index (χ2n) is 5.64. The normalized spacial score (nSPS) is 22.2. The van der Waals surface area contributed by atoms with Crippen LogP contribution in [0.2, 0.25) is 0 Å². The van der Waals surface area contributed by atoms with Crippen LogP contribution >= 0.6 is 0 Å². The molecule has 5 nitrogen and oxygen atoms in total. The zero-order valence-corrected chi connectivity index (χ0v) is 12.2. The smallest absolute Gasteiger partial charge is 0.161 e. The van der Waals surface area contributed by atoms with Gasteiger partial charge in [-0.3, -0.25) is 0 Å². The number of ether oxygens (including phenoxy) is 3. The lowest BCUT2D eigenvalue weighted by Gasteiger charge is -2.20. The molecule has 5 heteroatoms. The van der Waals surface area contributed by atoms with Crippen molar-refractivity contribution < 1.29 is 19.3 Å². The Labute approximate surface area is 125 Å². The molecule has 0 aromatic heterocycles. The second-order valence-corrected chi connectivity index (χ2v) is 5.64. The van der Waals surface area contributed by atoms with Crippen LogP contribution in [0, 0.1) is 5.92 Å². The molecule has 1 aromatic rings. The van der Waals surface area contributed by atoms with E-state index in [1.54, 1.807) is 0 Å². The summed E-state index contributed by atoms with van der Waals surface area (Å²) in [6.07, 6.45) is 1.74. The van der Waals surface area contributed by atoms with Crippen molar-refractivity contribution in [1.29, 1.82) is 0 Å². The van der Waals surface area contributed by atoms with E-state index in [0.29, 0.717) is 25.7 Å². The number of hydrogen-bond donors (Lipinski definition) is 2. The summed E-state index contributed by atoms with van der Waals surface area (Å²) in [7, 11) is 0. The molecular formula is C16H23NO4. The van der Waals surface area contributed by atoms with Crippen molar-refractivity contribution in [3.05, 3.63) is 23.8 Å². The van der Waals surface area contributed by atoms with Crippen LogP contribution in [-0.4, -0.2) is 44.6 Å². The minimum atomic E-state index is -0.527. The first kappa shape index (κ1) is 14.6. The lowest BCUT2D eigenvalue weighted by Crippen LogP contribution is -2.24. The van der Waals surface area contributed by atoms with E-state index in [0.717, 1.165) is 49.7 Å². The summed E-state index contributed by atoms with van der Waals surface area (Å²) in [5.74, 6) is 2.15. The van der Waals surface area contributed by atoms with Crippen molar-refractivity contribution in [2.75, 3.05) is 39.5 Å². The van der Waals surface area contributed by atoms with E-state index in [-0.39, 0.29) is 0 Å². The molecule has 2 aliphatic rings. The number of fused-ring (bicyclic) bond motifs is 1. The van der Waals surface area contributed by atoms with Gasteiger partial charge in [0.25, 0.3) is 0 Å². The summed E-state index contributed by atoms with van der Waals surface area (Å²) in [6, 6.07) is 5.62. The first-order chi connectivity index (χ1) is 10.3. The average Bonchev–Trinajstić information content (AvgIpc) is 3.04. The van der Waals surface area contributed by atoms with Gasteiger partial charge in [0.15, 0.2) is 11.5 Å². The molecule has 2 N–H and O–H groups in total. The summed E-state index contributed by atoms with van der Waals surface area (Å²) in [4.78, 5) is 0. The molecule has 3 rings (SSSR count). The Kier molecular flexibility index (Phi) is 4.95. The highest BCUT2D eigenvalue weighted by atomic mass is 16.6. The van der Waals surface area contributed by atoms with Crippen LogP contribution in [0.1, 0.15) is 24.5 Å². The van der Waals surface area contributed by atoms with Gasteiger partial charge in [0.2, 0.25) is 0 Å². The topological polar surface area (TPSA) is 60.0 Å². The number of nitrogens with one attached hydrogen (secondary N) is 1. The standard InChI is InChI=1S/C16H23NO4/c18-14(10-17-5-3-12-4-6-19-11-12)13-1-2-15-16(9-13)21-8-7-20-15/h1-2,9,12,14,17-18H,3-8,10-11H2. The molecule has 0 radical (unpaired) electrons. The number of aliphatic hydroxyl groups excluding tert-OH is 1. The third-order valence-electron chi connectivity index (χ3n) is 4.04.